The normalized spacial score (nSPS) is 13.3. The van der Waals surface area contributed by atoms with Crippen molar-refractivity contribution in [2.45, 2.75) is 19.9 Å². The number of nitrogens with zero attached hydrogens (tertiary/aromatic N) is 1. The SMILES string of the molecule is CC(C)[C@@H](c1c(F)c(F)c(F)c(F)c1F)N(C)CCO. The number of benzene rings is 1. The van der Waals surface area contributed by atoms with Gasteiger partial charge < -0.3 is 5.11 Å². The van der Waals surface area contributed by atoms with Gasteiger partial charge in [-0.15, -0.1) is 0 Å². The van der Waals surface area contributed by atoms with Gasteiger partial charge in [0.25, 0.3) is 0 Å². The summed E-state index contributed by atoms with van der Waals surface area (Å²) in [5.41, 5.74) is -0.868. The number of halogens is 5. The van der Waals surface area contributed by atoms with E-state index in [1.807, 2.05) is 0 Å². The van der Waals surface area contributed by atoms with Crippen LogP contribution in [0.4, 0.5) is 22.0 Å². The zero-order chi connectivity index (χ0) is 15.6. The van der Waals surface area contributed by atoms with Gasteiger partial charge >= 0.3 is 0 Å². The van der Waals surface area contributed by atoms with Crippen molar-refractivity contribution in [3.63, 3.8) is 0 Å². The van der Waals surface area contributed by atoms with E-state index in [4.69, 9.17) is 5.11 Å². The molecule has 1 rings (SSSR count). The molecule has 1 N–H and O–H groups in total. The van der Waals surface area contributed by atoms with Crippen LogP contribution in [0.15, 0.2) is 0 Å². The predicted molar refractivity (Wildman–Crippen MR) is 63.5 cm³/mol. The molecule has 0 amide bonds. The number of aliphatic hydroxyl groups excluding tert-OH is 1. The smallest absolute Gasteiger partial charge is 0.200 e. The highest BCUT2D eigenvalue weighted by atomic mass is 19.2. The summed E-state index contributed by atoms with van der Waals surface area (Å²) in [7, 11) is 1.44. The quantitative estimate of drug-likeness (QED) is 0.513. The lowest BCUT2D eigenvalue weighted by atomic mass is 9.93. The van der Waals surface area contributed by atoms with Crippen LogP contribution in [-0.2, 0) is 0 Å². The van der Waals surface area contributed by atoms with Crippen molar-refractivity contribution in [1.82, 2.24) is 4.90 Å². The van der Waals surface area contributed by atoms with Crippen molar-refractivity contribution in [2.24, 2.45) is 5.92 Å². The maximum absolute atomic E-state index is 13.8. The molecule has 0 aliphatic rings. The van der Waals surface area contributed by atoms with Crippen molar-refractivity contribution in [3.05, 3.63) is 34.6 Å². The van der Waals surface area contributed by atoms with Crippen molar-refractivity contribution in [3.8, 4) is 0 Å². The minimum absolute atomic E-state index is 0.0440. The number of likely N-dealkylation sites (N-methyl/N-ethyl adjacent to an activating group) is 1. The zero-order valence-electron chi connectivity index (χ0n) is 11.4. The van der Waals surface area contributed by atoms with Gasteiger partial charge in [0.05, 0.1) is 6.61 Å². The Bertz CT molecular complexity index is 463. The average molecular weight is 297 g/mol. The summed E-state index contributed by atoms with van der Waals surface area (Å²) >= 11 is 0. The molecule has 0 spiro atoms. The zero-order valence-corrected chi connectivity index (χ0v) is 11.4. The van der Waals surface area contributed by atoms with Gasteiger partial charge in [-0.2, -0.15) is 0 Å². The lowest BCUT2D eigenvalue weighted by Gasteiger charge is -2.31. The monoisotopic (exact) mass is 297 g/mol. The largest absolute Gasteiger partial charge is 0.395 e. The summed E-state index contributed by atoms with van der Waals surface area (Å²) in [6.45, 7) is 2.94. The number of hydrogen-bond donors (Lipinski definition) is 1. The van der Waals surface area contributed by atoms with E-state index in [-0.39, 0.29) is 13.2 Å². The maximum Gasteiger partial charge on any atom is 0.200 e. The molecule has 0 aliphatic carbocycles. The van der Waals surface area contributed by atoms with E-state index < -0.39 is 46.6 Å². The summed E-state index contributed by atoms with van der Waals surface area (Å²) in [5.74, 6) is -10.2. The molecule has 0 aromatic heterocycles. The molecule has 0 heterocycles. The van der Waals surface area contributed by atoms with Crippen molar-refractivity contribution >= 4 is 0 Å². The molecule has 20 heavy (non-hydrogen) atoms. The second-order valence-corrected chi connectivity index (χ2v) is 4.88. The van der Waals surface area contributed by atoms with E-state index in [1.165, 1.54) is 11.9 Å². The minimum atomic E-state index is -2.17. The van der Waals surface area contributed by atoms with Gasteiger partial charge in [-0.25, -0.2) is 22.0 Å². The maximum atomic E-state index is 13.8. The van der Waals surface area contributed by atoms with Gasteiger partial charge in [0, 0.05) is 18.2 Å². The fourth-order valence-corrected chi connectivity index (χ4v) is 2.24. The Morgan fingerprint density at radius 2 is 1.30 bits per heavy atom. The van der Waals surface area contributed by atoms with Crippen LogP contribution in [-0.4, -0.2) is 30.2 Å². The first-order valence-corrected chi connectivity index (χ1v) is 6.06. The van der Waals surface area contributed by atoms with Crippen LogP contribution in [0.5, 0.6) is 0 Å². The van der Waals surface area contributed by atoms with Gasteiger partial charge in [0.1, 0.15) is 0 Å². The van der Waals surface area contributed by atoms with Crippen LogP contribution in [0.25, 0.3) is 0 Å². The molecule has 1 aromatic carbocycles. The summed E-state index contributed by atoms with van der Waals surface area (Å²) < 4.78 is 67.1. The van der Waals surface area contributed by atoms with Crippen LogP contribution in [0.2, 0.25) is 0 Å². The first kappa shape index (κ1) is 16.8. The molecule has 0 fully saturated rings. The summed E-state index contributed by atoms with van der Waals surface area (Å²) in [4.78, 5) is 1.35. The second kappa shape index (κ2) is 6.49. The predicted octanol–water partition coefficient (Wildman–Crippen LogP) is 3.00. The molecule has 1 aromatic rings. The molecule has 0 unspecified atom stereocenters. The third-order valence-electron chi connectivity index (χ3n) is 3.10. The first-order chi connectivity index (χ1) is 9.23. The average Bonchev–Trinajstić information content (AvgIpc) is 2.38. The van der Waals surface area contributed by atoms with Crippen molar-refractivity contribution in [2.75, 3.05) is 20.2 Å². The topological polar surface area (TPSA) is 23.5 Å². The Kier molecular flexibility index (Phi) is 5.47. The number of hydrogen-bond acceptors (Lipinski definition) is 2. The van der Waals surface area contributed by atoms with Gasteiger partial charge in [-0.3, -0.25) is 4.90 Å². The Morgan fingerprint density at radius 3 is 1.65 bits per heavy atom. The molecule has 114 valence electrons. The molecule has 0 aliphatic heterocycles. The molecular weight excluding hydrogens is 281 g/mol. The Hall–Kier alpha value is -1.21. The van der Waals surface area contributed by atoms with Crippen LogP contribution < -0.4 is 0 Å². The lowest BCUT2D eigenvalue weighted by Crippen LogP contribution is -2.33. The summed E-state index contributed by atoms with van der Waals surface area (Å²) in [5, 5.41) is 8.87. The molecular formula is C13H16F5NO. The number of rotatable bonds is 5. The van der Waals surface area contributed by atoms with Crippen LogP contribution in [0.1, 0.15) is 25.5 Å². The molecule has 2 nitrogen and oxygen atoms in total. The molecule has 7 heteroatoms. The van der Waals surface area contributed by atoms with E-state index in [9.17, 15) is 22.0 Å². The molecule has 0 saturated carbocycles. The van der Waals surface area contributed by atoms with Crippen LogP contribution >= 0.6 is 0 Å². The molecule has 0 saturated heterocycles. The third kappa shape index (κ3) is 2.93. The fourth-order valence-electron chi connectivity index (χ4n) is 2.24. The van der Waals surface area contributed by atoms with E-state index in [1.54, 1.807) is 13.8 Å². The fraction of sp³-hybridized carbons (Fsp3) is 0.538. The molecule has 0 bridgehead atoms. The molecule has 1 atom stereocenters. The Labute approximate surface area is 113 Å². The van der Waals surface area contributed by atoms with Gasteiger partial charge in [0.2, 0.25) is 5.82 Å². The van der Waals surface area contributed by atoms with Gasteiger partial charge in [-0.05, 0) is 13.0 Å². The minimum Gasteiger partial charge on any atom is -0.395 e. The van der Waals surface area contributed by atoms with Gasteiger partial charge in [-0.1, -0.05) is 13.8 Å². The Balaban J connectivity index is 3.49. The summed E-state index contributed by atoms with van der Waals surface area (Å²) in [6.07, 6.45) is 0. The second-order valence-electron chi connectivity index (χ2n) is 4.88. The third-order valence-corrected chi connectivity index (χ3v) is 3.10. The highest BCUT2D eigenvalue weighted by molar-refractivity contribution is 5.27. The standard InChI is InChI=1S/C13H16F5NO/c1-6(2)13(19(3)4-5-20)7-8(14)10(16)12(18)11(17)9(7)15/h6,13,20H,4-5H2,1-3H3/t13-/m0/s1. The first-order valence-electron chi connectivity index (χ1n) is 6.06. The van der Waals surface area contributed by atoms with Crippen molar-refractivity contribution < 1.29 is 27.1 Å². The highest BCUT2D eigenvalue weighted by Crippen LogP contribution is 2.34. The number of aliphatic hydroxyl groups is 1. The van der Waals surface area contributed by atoms with Gasteiger partial charge in [0.15, 0.2) is 23.3 Å². The van der Waals surface area contributed by atoms with E-state index in [2.05, 4.69) is 0 Å². The van der Waals surface area contributed by atoms with Crippen molar-refractivity contribution in [1.29, 1.82) is 0 Å². The highest BCUT2D eigenvalue weighted by Gasteiger charge is 2.33. The van der Waals surface area contributed by atoms with E-state index >= 15 is 0 Å². The van der Waals surface area contributed by atoms with Crippen LogP contribution in [0.3, 0.4) is 0 Å². The Morgan fingerprint density at radius 1 is 0.900 bits per heavy atom. The van der Waals surface area contributed by atoms with Crippen LogP contribution in [0, 0.1) is 35.0 Å². The summed E-state index contributed by atoms with van der Waals surface area (Å²) in [6, 6.07) is -1.04. The van der Waals surface area contributed by atoms with E-state index in [0.717, 1.165) is 0 Å². The van der Waals surface area contributed by atoms with E-state index in [0.29, 0.717) is 0 Å². The lowest BCUT2D eigenvalue weighted by molar-refractivity contribution is 0.143. The molecule has 0 radical (unpaired) electrons.